The van der Waals surface area contributed by atoms with Gasteiger partial charge in [-0.2, -0.15) is 0 Å². The Morgan fingerprint density at radius 2 is 1.91 bits per heavy atom. The van der Waals surface area contributed by atoms with Crippen LogP contribution in [0.4, 0.5) is 4.79 Å². The number of aromatic hydroxyl groups is 1. The lowest BCUT2D eigenvalue weighted by Gasteiger charge is -2.51. The molecule has 0 radical (unpaired) electrons. The molecule has 2 aromatic heterocycles. The molecule has 11 atom stereocenters. The van der Waals surface area contributed by atoms with E-state index in [1.54, 1.807) is 56.9 Å². The first-order valence-electron chi connectivity index (χ1n) is 21.5. The molecular weight excluding hydrogens is 941 g/mol. The van der Waals surface area contributed by atoms with Crippen molar-refractivity contribution >= 4 is 80.8 Å². The number of carbonyl (C=O) groups is 3. The van der Waals surface area contributed by atoms with E-state index in [0.29, 0.717) is 16.4 Å². The molecule has 16 nitrogen and oxygen atoms in total. The second kappa shape index (κ2) is 21.2. The summed E-state index contributed by atoms with van der Waals surface area (Å²) in [6, 6.07) is 5.11. The van der Waals surface area contributed by atoms with Crippen molar-refractivity contribution in [2.75, 3.05) is 39.1 Å². The highest BCUT2D eigenvalue weighted by Crippen LogP contribution is 2.46. The number of pyridine rings is 1. The second-order valence-corrected chi connectivity index (χ2v) is 25.2. The molecule has 0 bridgehead atoms. The van der Waals surface area contributed by atoms with Gasteiger partial charge in [0.15, 0.2) is 18.4 Å². The van der Waals surface area contributed by atoms with Crippen LogP contribution >= 0.6 is 11.8 Å². The molecule has 0 saturated carbocycles. The molecule has 3 aromatic rings. The van der Waals surface area contributed by atoms with Crippen LogP contribution in [0.25, 0.3) is 21.8 Å². The molecule has 6 N–H and O–H groups in total. The number of thioether (sulfide) groups is 1. The van der Waals surface area contributed by atoms with E-state index in [2.05, 4.69) is 44.3 Å². The van der Waals surface area contributed by atoms with E-state index >= 15 is 4.79 Å². The van der Waals surface area contributed by atoms with Crippen LogP contribution in [-0.2, 0) is 62.7 Å². The van der Waals surface area contributed by atoms with Gasteiger partial charge in [-0.3, -0.25) is 14.6 Å². The molecule has 1 aromatic carbocycles. The fourth-order valence-electron chi connectivity index (χ4n) is 8.94. The summed E-state index contributed by atoms with van der Waals surface area (Å²) >= 11 is 12.3. The Morgan fingerprint density at radius 1 is 1.15 bits per heavy atom. The number of ether oxygens (including phenoxy) is 6. The van der Waals surface area contributed by atoms with Crippen LogP contribution in [0.2, 0.25) is 0 Å². The molecule has 2 aliphatic heterocycles. The van der Waals surface area contributed by atoms with Gasteiger partial charge in [0, 0.05) is 65.9 Å². The minimum Gasteiger partial charge on any atom is -0.508 e. The molecule has 358 valence electrons. The number of allylic oxidation sites excluding steroid dienone is 2. The lowest BCUT2D eigenvalue weighted by atomic mass is 9.83. The number of hydrogen-bond acceptors (Lipinski definition) is 17. The maximum Gasteiger partial charge on any atom is 0.407 e. The molecule has 67 heavy (non-hydrogen) atoms. The smallest absolute Gasteiger partial charge is 0.407 e. The van der Waals surface area contributed by atoms with Gasteiger partial charge in [-0.1, -0.05) is 50.8 Å². The molecular formula is C47H54N4O12S4. The largest absolute Gasteiger partial charge is 0.508 e. The van der Waals surface area contributed by atoms with Crippen molar-refractivity contribution < 1.29 is 58.1 Å². The molecule has 4 heterocycles. The SMILES string of the molecule is COC(=O)NC1C(=O)C[C@H](O)/C(=C/CS(C)(=S)=S)C2=C1C#C/C=C\C#C[C@@H]2OC1OC(C)C(SC)(C(=O)c2nccc3c2[nH]c2cc(O)ccc23)C(O)C1OC1CC(OC)C(NC(C)C)CO1. The van der Waals surface area contributed by atoms with Gasteiger partial charge in [-0.25, -0.2) is 4.79 Å². The van der Waals surface area contributed by atoms with Crippen molar-refractivity contribution in [3.63, 3.8) is 0 Å². The van der Waals surface area contributed by atoms with Gasteiger partial charge in [0.05, 0.1) is 49.1 Å². The summed E-state index contributed by atoms with van der Waals surface area (Å²) < 4.78 is 35.7. The number of methoxy groups -OCH3 is 2. The molecule has 2 saturated heterocycles. The minimum atomic E-state index is -2.05. The number of ketones is 2. The summed E-state index contributed by atoms with van der Waals surface area (Å²) in [5, 5.41) is 42.5. The van der Waals surface area contributed by atoms with E-state index in [4.69, 9.17) is 50.8 Å². The first-order chi connectivity index (χ1) is 31.9. The highest BCUT2D eigenvalue weighted by Gasteiger charge is 2.61. The Bertz CT molecular complexity index is 2750. The topological polar surface area (TPSA) is 220 Å². The van der Waals surface area contributed by atoms with Crippen molar-refractivity contribution in [1.29, 1.82) is 0 Å². The third-order valence-electron chi connectivity index (χ3n) is 12.1. The van der Waals surface area contributed by atoms with E-state index in [-0.39, 0.29) is 65.1 Å². The quantitative estimate of drug-likeness (QED) is 0.107. The Kier molecular flexibility index (Phi) is 16.0. The lowest BCUT2D eigenvalue weighted by Crippen LogP contribution is -2.68. The molecule has 20 heteroatoms. The number of aliphatic hydroxyl groups is 2. The summed E-state index contributed by atoms with van der Waals surface area (Å²) in [6.45, 7) is 5.83. The standard InChI is InChI=1S/C47H54N4O12S4/c1-24(2)49-32-23-60-37(22-36(32)58-4)63-42-44(56)47(66-6,43(55)41-40-28(16-18-48-41)27-15-14-26(52)20-31(27)50-40)25(3)61-45(42)62-35-13-11-9-8-10-12-30-38(35)29(17-19-67(7,64)65)33(53)21-34(54)39(30)51-46(57)59-5/h8-9,14-18,20,24-25,32-33,35-37,39,42,44-45,49-50,52-53,56H,19,21-23H2,1-7H3,(H,51,57)/b9-8-,29-17-/t25?,32?,33-,35-,36?,37?,39?,42?,44?,45?,47?/m0/s1. The van der Waals surface area contributed by atoms with Crippen LogP contribution in [-0.4, -0.2) is 154 Å². The van der Waals surface area contributed by atoms with E-state index in [0.717, 1.165) is 24.3 Å². The Balaban J connectivity index is 1.36. The van der Waals surface area contributed by atoms with Crippen LogP contribution in [0.5, 0.6) is 5.75 Å². The van der Waals surface area contributed by atoms with Gasteiger partial charge in [0.25, 0.3) is 0 Å². The number of nitrogens with zero attached hydrogens (tertiary/aromatic N) is 1. The number of benzene rings is 1. The number of amides is 1. The third kappa shape index (κ3) is 10.7. The maximum absolute atomic E-state index is 15.3. The van der Waals surface area contributed by atoms with Gasteiger partial charge in [-0.05, 0) is 77.7 Å². The summed E-state index contributed by atoms with van der Waals surface area (Å²) in [5.41, 5.74) is 1.37. The van der Waals surface area contributed by atoms with E-state index in [1.165, 1.54) is 18.3 Å². The van der Waals surface area contributed by atoms with Crippen molar-refractivity contribution in [2.45, 2.75) is 106 Å². The number of Topliss-reactive ketones (excluding diaryl/α,β-unsaturated/α-hetero) is 2. The number of alkyl carbamates (subject to hydrolysis) is 1. The average molecular weight is 995 g/mol. The Morgan fingerprint density at radius 3 is 2.61 bits per heavy atom. The molecule has 1 amide bonds. The summed E-state index contributed by atoms with van der Waals surface area (Å²) in [7, 11) is 0.694. The normalized spacial score (nSPS) is 31.1. The zero-order valence-corrected chi connectivity index (χ0v) is 41.2. The zero-order valence-electron chi connectivity index (χ0n) is 37.9. The summed E-state index contributed by atoms with van der Waals surface area (Å²) in [4.78, 5) is 49.8. The van der Waals surface area contributed by atoms with Crippen molar-refractivity contribution in [1.82, 2.24) is 20.6 Å². The number of phenolic OH excluding ortho intramolecular Hbond substituents is 1. The van der Waals surface area contributed by atoms with E-state index < -0.39 is 85.1 Å². The molecule has 4 aliphatic rings. The number of nitrogens with one attached hydrogen (secondary N) is 3. The van der Waals surface area contributed by atoms with E-state index in [1.807, 2.05) is 13.8 Å². The summed E-state index contributed by atoms with van der Waals surface area (Å²) in [5.74, 6) is 10.9. The Labute approximate surface area is 402 Å². The first-order valence-corrected chi connectivity index (χ1v) is 26.8. The number of fused-ring (bicyclic) bond motifs is 3. The maximum atomic E-state index is 15.3. The van der Waals surface area contributed by atoms with Gasteiger partial charge in [0.2, 0.25) is 5.78 Å². The number of rotatable bonds is 13. The molecule has 2 fully saturated rings. The lowest BCUT2D eigenvalue weighted by molar-refractivity contribution is -0.322. The van der Waals surface area contributed by atoms with Gasteiger partial charge in [-0.15, -0.1) is 11.8 Å². The number of carbonyl (C=O) groups excluding carboxylic acids is 3. The van der Waals surface area contributed by atoms with Crippen LogP contribution in [0.3, 0.4) is 0 Å². The highest BCUT2D eigenvalue weighted by molar-refractivity contribution is 8.56. The second-order valence-electron chi connectivity index (χ2n) is 16.9. The minimum absolute atomic E-state index is 0.0158. The average Bonchev–Trinajstić information content (AvgIpc) is 3.65. The number of aromatic amines is 1. The number of phenols is 1. The monoisotopic (exact) mass is 994 g/mol. The molecule has 7 rings (SSSR count). The fourth-order valence-corrected chi connectivity index (χ4v) is 10.9. The molecule has 9 unspecified atom stereocenters. The van der Waals surface area contributed by atoms with Crippen molar-refractivity contribution in [3.05, 3.63) is 71.1 Å². The summed E-state index contributed by atoms with van der Waals surface area (Å²) in [6.07, 6.45) is -1.72. The van der Waals surface area contributed by atoms with E-state index in [9.17, 15) is 24.9 Å². The highest BCUT2D eigenvalue weighted by atomic mass is 33.1. The molecule has 0 spiro atoms. The van der Waals surface area contributed by atoms with Crippen LogP contribution in [0.15, 0.2) is 65.4 Å². The van der Waals surface area contributed by atoms with Gasteiger partial charge < -0.3 is 59.4 Å². The predicted molar refractivity (Wildman–Crippen MR) is 261 cm³/mol. The van der Waals surface area contributed by atoms with Crippen molar-refractivity contribution in [2.24, 2.45) is 0 Å². The molecule has 2 aliphatic carbocycles. The third-order valence-corrected chi connectivity index (χ3v) is 15.1. The van der Waals surface area contributed by atoms with Crippen LogP contribution < -0.4 is 10.6 Å². The van der Waals surface area contributed by atoms with Gasteiger partial charge >= 0.3 is 6.09 Å². The number of aromatic nitrogens is 2. The van der Waals surface area contributed by atoms with Crippen LogP contribution in [0, 0.1) is 23.7 Å². The van der Waals surface area contributed by atoms with Crippen LogP contribution in [0.1, 0.15) is 44.1 Å². The number of aliphatic hydroxyl groups excluding tert-OH is 2. The predicted octanol–water partition coefficient (Wildman–Crippen LogP) is 3.28. The number of H-pyrrole nitrogens is 1. The zero-order chi connectivity index (χ0) is 48.4. The first kappa shape index (κ1) is 50.6. The van der Waals surface area contributed by atoms with Crippen molar-refractivity contribution in [3.8, 4) is 29.4 Å². The Hall–Kier alpha value is -4.26. The number of hydrogen-bond donors (Lipinski definition) is 6. The fraction of sp³-hybridized carbons (Fsp3) is 0.489. The van der Waals surface area contributed by atoms with Gasteiger partial charge in [0.1, 0.15) is 40.5 Å².